The van der Waals surface area contributed by atoms with Crippen LogP contribution in [-0.4, -0.2) is 47.7 Å². The van der Waals surface area contributed by atoms with Crippen LogP contribution >= 0.6 is 0 Å². The van der Waals surface area contributed by atoms with E-state index in [4.69, 9.17) is 0 Å². The second kappa shape index (κ2) is 9.88. The normalized spacial score (nSPS) is 8.83. The summed E-state index contributed by atoms with van der Waals surface area (Å²) < 4.78 is 1.63. The van der Waals surface area contributed by atoms with Crippen molar-refractivity contribution >= 4 is 19.1 Å². The maximum absolute atomic E-state index is 3.90. The van der Waals surface area contributed by atoms with Gasteiger partial charge in [0, 0.05) is 0 Å². The Labute approximate surface area is 135 Å². The SMILES string of the molecule is C=Cc1cccbc1-n1nnnc1C=C.CC.Cc1nn[nH]n1. The van der Waals surface area contributed by atoms with Gasteiger partial charge in [-0.2, -0.15) is 5.21 Å². The zero-order valence-corrected chi connectivity index (χ0v) is 13.5. The number of nitrogens with zero attached hydrogens (tertiary/aromatic N) is 7. The first kappa shape index (κ1) is 18.1. The maximum atomic E-state index is 3.90. The van der Waals surface area contributed by atoms with Crippen LogP contribution in [0, 0.1) is 6.92 Å². The molecule has 0 aliphatic rings. The number of tetrazole rings is 2. The van der Waals surface area contributed by atoms with Gasteiger partial charge in [0.05, 0.1) is 0 Å². The van der Waals surface area contributed by atoms with Crippen molar-refractivity contribution in [3.8, 4) is 5.58 Å². The molecule has 0 bridgehead atoms. The van der Waals surface area contributed by atoms with E-state index in [9.17, 15) is 0 Å². The second-order valence-corrected chi connectivity index (χ2v) is 3.87. The molecule has 118 valence electrons. The zero-order valence-electron chi connectivity index (χ0n) is 13.5. The number of aryl methyl sites for hydroxylation is 1. The fraction of sp³-hybridized carbons (Fsp3) is 0.214. The molecule has 0 atom stereocenters. The minimum atomic E-state index is 0.615. The molecule has 3 rings (SSSR count). The van der Waals surface area contributed by atoms with Crippen LogP contribution in [-0.2, 0) is 0 Å². The predicted octanol–water partition coefficient (Wildman–Crippen LogP) is 1.82. The Morgan fingerprint density at radius 1 is 1.22 bits per heavy atom. The Bertz CT molecular complexity index is 720. The molecule has 9 heteroatoms. The van der Waals surface area contributed by atoms with Gasteiger partial charge in [0.25, 0.3) is 0 Å². The van der Waals surface area contributed by atoms with E-state index >= 15 is 0 Å². The Morgan fingerprint density at radius 3 is 2.52 bits per heavy atom. The van der Waals surface area contributed by atoms with Crippen molar-refractivity contribution in [1.82, 2.24) is 40.8 Å². The molecule has 0 radical (unpaired) electrons. The van der Waals surface area contributed by atoms with Gasteiger partial charge < -0.3 is 0 Å². The molecular weight excluding hydrogens is 291 g/mol. The molecule has 0 saturated carbocycles. The summed E-state index contributed by atoms with van der Waals surface area (Å²) in [7, 11) is 0. The van der Waals surface area contributed by atoms with Crippen LogP contribution in [0.2, 0.25) is 0 Å². The smallest absolute Gasteiger partial charge is 0.171 e. The third-order valence-electron chi connectivity index (χ3n) is 2.51. The largest absolute Gasteiger partial charge is 0.177 e. The fourth-order valence-electron chi connectivity index (χ4n) is 1.56. The summed E-state index contributed by atoms with van der Waals surface area (Å²) >= 11 is 0. The summed E-state index contributed by atoms with van der Waals surface area (Å²) in [5, 5.41) is 24.1. The average Bonchev–Trinajstić information content (AvgIpc) is 3.28. The minimum Gasteiger partial charge on any atom is -0.177 e. The van der Waals surface area contributed by atoms with E-state index in [0.717, 1.165) is 11.1 Å². The van der Waals surface area contributed by atoms with Crippen molar-refractivity contribution in [2.45, 2.75) is 20.8 Å². The van der Waals surface area contributed by atoms with Crippen LogP contribution in [0.3, 0.4) is 0 Å². The molecule has 0 aromatic carbocycles. The van der Waals surface area contributed by atoms with E-state index in [-0.39, 0.29) is 0 Å². The summed E-state index contributed by atoms with van der Waals surface area (Å²) in [6, 6.07) is 3.90. The first-order valence-corrected chi connectivity index (χ1v) is 7.09. The Kier molecular flexibility index (Phi) is 7.77. The second-order valence-electron chi connectivity index (χ2n) is 3.87. The standard InChI is InChI=1S/C10H9BN4.C2H4N4.C2H6/c1-3-8-6-5-7-11-10(8)15-9(4-2)12-13-14-15;1-2-3-5-6-4-2;1-2/h3-7H,1-2H2;1H3,(H,3,4,5,6);1-2H3. The van der Waals surface area contributed by atoms with Crippen molar-refractivity contribution in [3.63, 3.8) is 0 Å². The van der Waals surface area contributed by atoms with Crippen molar-refractivity contribution in [1.29, 1.82) is 0 Å². The van der Waals surface area contributed by atoms with Crippen LogP contribution in [0.1, 0.15) is 31.1 Å². The van der Waals surface area contributed by atoms with E-state index < -0.39 is 0 Å². The van der Waals surface area contributed by atoms with Crippen molar-refractivity contribution in [3.05, 3.63) is 48.5 Å². The molecule has 8 nitrogen and oxygen atoms in total. The molecule has 0 aliphatic heterocycles. The maximum Gasteiger partial charge on any atom is 0.171 e. The first-order valence-electron chi connectivity index (χ1n) is 7.09. The quantitative estimate of drug-likeness (QED) is 0.792. The third kappa shape index (κ3) is 5.06. The molecule has 0 fully saturated rings. The third-order valence-corrected chi connectivity index (χ3v) is 2.51. The molecular formula is C14H19BN8. The van der Waals surface area contributed by atoms with E-state index in [2.05, 4.69) is 49.3 Å². The van der Waals surface area contributed by atoms with E-state index in [1.54, 1.807) is 23.8 Å². The van der Waals surface area contributed by atoms with Crippen LogP contribution in [0.15, 0.2) is 31.3 Å². The minimum absolute atomic E-state index is 0.615. The number of H-pyrrole nitrogens is 1. The van der Waals surface area contributed by atoms with E-state index in [0.29, 0.717) is 11.6 Å². The average molecular weight is 310 g/mol. The summed E-state index contributed by atoms with van der Waals surface area (Å²) in [6.45, 7) is 15.1. The number of aromatic amines is 1. The molecule has 3 heterocycles. The molecule has 1 N–H and O–H groups in total. The summed E-state index contributed by atoms with van der Waals surface area (Å²) in [5.74, 6) is 3.22. The van der Waals surface area contributed by atoms with Crippen molar-refractivity contribution in [2.75, 3.05) is 0 Å². The Hall–Kier alpha value is -2.97. The molecule has 23 heavy (non-hydrogen) atoms. The van der Waals surface area contributed by atoms with Gasteiger partial charge in [0.15, 0.2) is 5.82 Å². The van der Waals surface area contributed by atoms with Gasteiger partial charge in [-0.05, 0) is 6.92 Å². The number of hydrogen-bond acceptors (Lipinski definition) is 6. The predicted molar refractivity (Wildman–Crippen MR) is 90.9 cm³/mol. The monoisotopic (exact) mass is 310 g/mol. The molecule has 0 saturated heterocycles. The zero-order chi connectivity index (χ0) is 17.1. The number of rotatable bonds is 3. The van der Waals surface area contributed by atoms with E-state index in [1.807, 2.05) is 38.9 Å². The van der Waals surface area contributed by atoms with Crippen LogP contribution in [0.4, 0.5) is 0 Å². The fourth-order valence-corrected chi connectivity index (χ4v) is 1.56. The summed E-state index contributed by atoms with van der Waals surface area (Å²) in [5.41, 5.74) is 1.88. The Morgan fingerprint density at radius 2 is 2.00 bits per heavy atom. The van der Waals surface area contributed by atoms with Gasteiger partial charge in [0.2, 0.25) is 0 Å². The van der Waals surface area contributed by atoms with Crippen molar-refractivity contribution in [2.24, 2.45) is 0 Å². The van der Waals surface area contributed by atoms with Crippen LogP contribution in [0.25, 0.3) is 17.7 Å². The summed E-state index contributed by atoms with van der Waals surface area (Å²) in [4.78, 5) is 0. The number of hydrogen-bond donors (Lipinski definition) is 1. The summed E-state index contributed by atoms with van der Waals surface area (Å²) in [6.07, 6.45) is 3.38. The topological polar surface area (TPSA) is 98.1 Å². The number of nitrogens with one attached hydrogen (secondary N) is 1. The van der Waals surface area contributed by atoms with Gasteiger partial charge >= 0.3 is 87.5 Å². The first-order chi connectivity index (χ1) is 11.3. The molecule has 0 unspecified atom stereocenters. The van der Waals surface area contributed by atoms with Gasteiger partial charge in [-0.25, -0.2) is 0 Å². The van der Waals surface area contributed by atoms with E-state index in [1.165, 1.54) is 0 Å². The molecule has 0 aliphatic carbocycles. The van der Waals surface area contributed by atoms with Crippen LogP contribution < -0.4 is 0 Å². The van der Waals surface area contributed by atoms with Crippen LogP contribution in [0.5, 0.6) is 0 Å². The number of aromatic nitrogens is 8. The van der Waals surface area contributed by atoms with Crippen molar-refractivity contribution < 1.29 is 0 Å². The molecule has 3 aromatic rings. The Balaban J connectivity index is 0.000000276. The van der Waals surface area contributed by atoms with Gasteiger partial charge in [-0.3, -0.25) is 0 Å². The van der Waals surface area contributed by atoms with Gasteiger partial charge in [-0.15, -0.1) is 10.2 Å². The molecule has 0 amide bonds. The van der Waals surface area contributed by atoms with Gasteiger partial charge in [0.1, 0.15) is 0 Å². The molecule has 0 spiro atoms. The van der Waals surface area contributed by atoms with Gasteiger partial charge in [-0.1, -0.05) is 19.1 Å². The molecule has 3 aromatic heterocycles.